The van der Waals surface area contributed by atoms with Crippen LogP contribution in [0.1, 0.15) is 45.6 Å². The number of hydrogen-bond donors (Lipinski definition) is 1. The first-order valence-corrected chi connectivity index (χ1v) is 6.89. The average Bonchev–Trinajstić information content (AvgIpc) is 2.21. The van der Waals surface area contributed by atoms with Gasteiger partial charge < -0.3 is 10.5 Å². The fourth-order valence-corrected chi connectivity index (χ4v) is 3.35. The van der Waals surface area contributed by atoms with E-state index in [-0.39, 0.29) is 0 Å². The monoisotopic (exact) mass is 247 g/mol. The summed E-state index contributed by atoms with van der Waals surface area (Å²) in [6.07, 6.45) is 3.84. The van der Waals surface area contributed by atoms with Crippen molar-refractivity contribution in [3.63, 3.8) is 0 Å². The van der Waals surface area contributed by atoms with Gasteiger partial charge in [0.2, 0.25) is 0 Å². The number of nitrogens with two attached hydrogens (primary N) is 1. The minimum absolute atomic E-state index is 0.298. The number of para-hydroxylation sites is 1. The van der Waals surface area contributed by atoms with Crippen LogP contribution in [0.2, 0.25) is 0 Å². The molecule has 2 atom stereocenters. The van der Waals surface area contributed by atoms with Crippen LogP contribution in [0.3, 0.4) is 0 Å². The van der Waals surface area contributed by atoms with E-state index in [0.29, 0.717) is 11.5 Å². The minimum Gasteiger partial charge on any atom is -0.488 e. The first-order chi connectivity index (χ1) is 8.37. The average molecular weight is 247 g/mol. The summed E-state index contributed by atoms with van der Waals surface area (Å²) in [5.74, 6) is 1.61. The summed E-state index contributed by atoms with van der Waals surface area (Å²) >= 11 is 0. The highest BCUT2D eigenvalue weighted by Gasteiger charge is 2.33. The summed E-state index contributed by atoms with van der Waals surface area (Å²) in [6.45, 7) is 9.04. The van der Waals surface area contributed by atoms with E-state index >= 15 is 0 Å². The van der Waals surface area contributed by atoms with Crippen LogP contribution >= 0.6 is 0 Å². The fraction of sp³-hybridized carbons (Fsp3) is 0.625. The van der Waals surface area contributed by atoms with Crippen molar-refractivity contribution in [2.24, 2.45) is 11.3 Å². The summed E-state index contributed by atoms with van der Waals surface area (Å²) in [5.41, 5.74) is 8.28. The van der Waals surface area contributed by atoms with Gasteiger partial charge in [0.25, 0.3) is 0 Å². The minimum atomic E-state index is 0.298. The molecule has 0 radical (unpaired) electrons. The zero-order chi connectivity index (χ0) is 13.3. The molecule has 1 aromatic rings. The Morgan fingerprint density at radius 2 is 2.00 bits per heavy atom. The summed E-state index contributed by atoms with van der Waals surface area (Å²) in [5, 5.41) is 0. The second kappa shape index (κ2) is 4.83. The molecule has 0 amide bonds. The number of hydrogen-bond acceptors (Lipinski definition) is 2. The molecular formula is C16H25NO. The lowest BCUT2D eigenvalue weighted by Gasteiger charge is -2.39. The van der Waals surface area contributed by atoms with Crippen LogP contribution in [-0.4, -0.2) is 6.10 Å². The molecule has 2 nitrogen and oxygen atoms in total. The molecule has 1 aromatic carbocycles. The van der Waals surface area contributed by atoms with Crippen LogP contribution in [0, 0.1) is 18.3 Å². The molecule has 18 heavy (non-hydrogen) atoms. The largest absolute Gasteiger partial charge is 0.488 e. The number of rotatable bonds is 2. The molecule has 0 saturated heterocycles. The lowest BCUT2D eigenvalue weighted by molar-refractivity contribution is 0.0563. The summed E-state index contributed by atoms with van der Waals surface area (Å²) in [4.78, 5) is 0. The Bertz CT molecular complexity index is 405. The molecule has 2 unspecified atom stereocenters. The van der Waals surface area contributed by atoms with E-state index in [4.69, 9.17) is 10.5 Å². The van der Waals surface area contributed by atoms with Crippen molar-refractivity contribution in [3.8, 4) is 5.75 Å². The Morgan fingerprint density at radius 3 is 2.61 bits per heavy atom. The van der Waals surface area contributed by atoms with Gasteiger partial charge in [-0.25, -0.2) is 0 Å². The maximum atomic E-state index is 6.20. The Morgan fingerprint density at radius 1 is 1.28 bits per heavy atom. The molecular weight excluding hydrogens is 222 g/mol. The van der Waals surface area contributed by atoms with E-state index in [1.165, 1.54) is 6.42 Å². The quantitative estimate of drug-likeness (QED) is 0.796. The number of nitrogen functional groups attached to an aromatic ring is 1. The predicted molar refractivity (Wildman–Crippen MR) is 76.8 cm³/mol. The van der Waals surface area contributed by atoms with Crippen molar-refractivity contribution in [2.75, 3.05) is 5.73 Å². The lowest BCUT2D eigenvalue weighted by Crippen LogP contribution is -2.34. The van der Waals surface area contributed by atoms with Crippen molar-refractivity contribution in [3.05, 3.63) is 23.8 Å². The third-order valence-electron chi connectivity index (χ3n) is 3.87. The maximum Gasteiger partial charge on any atom is 0.145 e. The third kappa shape index (κ3) is 2.98. The van der Waals surface area contributed by atoms with Crippen LogP contribution in [0.4, 0.5) is 5.69 Å². The van der Waals surface area contributed by atoms with Crippen molar-refractivity contribution in [2.45, 2.75) is 53.1 Å². The van der Waals surface area contributed by atoms with Gasteiger partial charge in [-0.1, -0.05) is 32.9 Å². The summed E-state index contributed by atoms with van der Waals surface area (Å²) in [7, 11) is 0. The Hall–Kier alpha value is -1.18. The topological polar surface area (TPSA) is 35.2 Å². The number of aryl methyl sites for hydroxylation is 1. The van der Waals surface area contributed by atoms with Gasteiger partial charge in [-0.15, -0.1) is 0 Å². The van der Waals surface area contributed by atoms with E-state index in [1.807, 2.05) is 12.1 Å². The zero-order valence-electron chi connectivity index (χ0n) is 12.0. The molecule has 0 bridgehead atoms. The van der Waals surface area contributed by atoms with Gasteiger partial charge >= 0.3 is 0 Å². The molecule has 0 aliphatic heterocycles. The van der Waals surface area contributed by atoms with Gasteiger partial charge in [0.1, 0.15) is 5.75 Å². The van der Waals surface area contributed by atoms with Crippen LogP contribution < -0.4 is 10.5 Å². The van der Waals surface area contributed by atoms with Crippen molar-refractivity contribution >= 4 is 5.69 Å². The zero-order valence-corrected chi connectivity index (χ0v) is 12.0. The molecule has 0 aromatic heterocycles. The standard InChI is InChI=1S/C16H25NO/c1-11-8-13(10-16(3,4)9-11)18-15-12(2)6-5-7-14(15)17/h5-7,11,13H,8-10,17H2,1-4H3. The molecule has 2 N–H and O–H groups in total. The first-order valence-electron chi connectivity index (χ1n) is 6.89. The van der Waals surface area contributed by atoms with E-state index in [1.54, 1.807) is 0 Å². The summed E-state index contributed by atoms with van der Waals surface area (Å²) < 4.78 is 6.20. The van der Waals surface area contributed by atoms with Gasteiger partial charge in [0, 0.05) is 0 Å². The first kappa shape index (κ1) is 13.3. The van der Waals surface area contributed by atoms with Crippen LogP contribution in [0.25, 0.3) is 0 Å². The van der Waals surface area contributed by atoms with E-state index in [2.05, 4.69) is 33.8 Å². The van der Waals surface area contributed by atoms with Gasteiger partial charge in [0.05, 0.1) is 11.8 Å². The molecule has 2 heteroatoms. The molecule has 0 heterocycles. The van der Waals surface area contributed by atoms with Gasteiger partial charge in [-0.05, 0) is 49.1 Å². The van der Waals surface area contributed by atoms with E-state index in [0.717, 1.165) is 35.8 Å². The maximum absolute atomic E-state index is 6.20. The van der Waals surface area contributed by atoms with Gasteiger partial charge in [0.15, 0.2) is 0 Å². The Labute approximate surface area is 111 Å². The van der Waals surface area contributed by atoms with E-state index < -0.39 is 0 Å². The Kier molecular flexibility index (Phi) is 3.56. The third-order valence-corrected chi connectivity index (χ3v) is 3.87. The molecule has 0 spiro atoms. The normalized spacial score (nSPS) is 26.9. The van der Waals surface area contributed by atoms with Crippen LogP contribution in [0.15, 0.2) is 18.2 Å². The number of benzene rings is 1. The molecule has 1 aliphatic carbocycles. The molecule has 100 valence electrons. The Balaban J connectivity index is 2.14. The van der Waals surface area contributed by atoms with Crippen LogP contribution in [0.5, 0.6) is 5.75 Å². The van der Waals surface area contributed by atoms with Crippen molar-refractivity contribution in [1.29, 1.82) is 0 Å². The van der Waals surface area contributed by atoms with E-state index in [9.17, 15) is 0 Å². The van der Waals surface area contributed by atoms with Gasteiger partial charge in [-0.3, -0.25) is 0 Å². The molecule has 2 rings (SSSR count). The fourth-order valence-electron chi connectivity index (χ4n) is 3.35. The van der Waals surface area contributed by atoms with Crippen LogP contribution in [-0.2, 0) is 0 Å². The smallest absolute Gasteiger partial charge is 0.145 e. The highest BCUT2D eigenvalue weighted by molar-refractivity contribution is 5.56. The highest BCUT2D eigenvalue weighted by atomic mass is 16.5. The van der Waals surface area contributed by atoms with Crippen molar-refractivity contribution < 1.29 is 4.74 Å². The predicted octanol–water partition coefficient (Wildman–Crippen LogP) is 4.17. The second-order valence-corrected chi connectivity index (χ2v) is 6.65. The molecule has 1 fully saturated rings. The molecule has 1 aliphatic rings. The molecule has 1 saturated carbocycles. The SMILES string of the molecule is Cc1cccc(N)c1OC1CC(C)CC(C)(C)C1. The lowest BCUT2D eigenvalue weighted by atomic mass is 9.71. The second-order valence-electron chi connectivity index (χ2n) is 6.65. The number of ether oxygens (including phenoxy) is 1. The number of anilines is 1. The highest BCUT2D eigenvalue weighted by Crippen LogP contribution is 2.41. The summed E-state index contributed by atoms with van der Waals surface area (Å²) in [6, 6.07) is 5.95. The van der Waals surface area contributed by atoms with Gasteiger partial charge in [-0.2, -0.15) is 0 Å². The van der Waals surface area contributed by atoms with Crippen molar-refractivity contribution in [1.82, 2.24) is 0 Å².